The monoisotopic (exact) mass is 612 g/mol. The van der Waals surface area contributed by atoms with Crippen LogP contribution in [-0.2, 0) is 18.0 Å². The normalized spacial score (nSPS) is 22.4. The van der Waals surface area contributed by atoms with Gasteiger partial charge in [-0.3, -0.25) is 14.7 Å². The molecule has 0 aliphatic carbocycles. The minimum absolute atomic E-state index is 0.0618. The summed E-state index contributed by atoms with van der Waals surface area (Å²) in [5.41, 5.74) is 2.41. The SMILES string of the molecule is CC[C@@H]1CN(c2cc(=O)n(C)c3cn(C4CCCCO4)nc23)[C@@H](C)CN1C(c1ccc(F)cc1)c1ccc(C(F)(F)F)cn1. The highest BCUT2D eigenvalue weighted by atomic mass is 19.4. The molecule has 0 amide bonds. The molecular formula is C32H36F4N6O2. The summed E-state index contributed by atoms with van der Waals surface area (Å²) in [5.74, 6) is -0.397. The molecule has 2 saturated heterocycles. The van der Waals surface area contributed by atoms with E-state index in [4.69, 9.17) is 9.84 Å². The summed E-state index contributed by atoms with van der Waals surface area (Å²) in [7, 11) is 1.74. The van der Waals surface area contributed by atoms with Gasteiger partial charge in [0, 0.05) is 51.1 Å². The van der Waals surface area contributed by atoms with Gasteiger partial charge in [0.2, 0.25) is 0 Å². The van der Waals surface area contributed by atoms with Gasteiger partial charge >= 0.3 is 6.18 Å². The largest absolute Gasteiger partial charge is 0.417 e. The van der Waals surface area contributed by atoms with Crippen LogP contribution in [-0.4, -0.2) is 56.0 Å². The Kier molecular flexibility index (Phi) is 8.23. The Hall–Kier alpha value is -3.77. The second-order valence-corrected chi connectivity index (χ2v) is 11.8. The maximum Gasteiger partial charge on any atom is 0.417 e. The van der Waals surface area contributed by atoms with E-state index in [2.05, 4.69) is 28.6 Å². The van der Waals surface area contributed by atoms with Gasteiger partial charge in [-0.05, 0) is 62.4 Å². The summed E-state index contributed by atoms with van der Waals surface area (Å²) in [6, 6.07) is 9.46. The van der Waals surface area contributed by atoms with Crippen molar-refractivity contribution in [2.45, 2.75) is 70.1 Å². The number of aryl methyl sites for hydroxylation is 1. The van der Waals surface area contributed by atoms with Crippen LogP contribution >= 0.6 is 0 Å². The van der Waals surface area contributed by atoms with E-state index < -0.39 is 23.6 Å². The number of aromatic nitrogens is 4. The van der Waals surface area contributed by atoms with E-state index >= 15 is 0 Å². The van der Waals surface area contributed by atoms with Crippen molar-refractivity contribution < 1.29 is 22.3 Å². The van der Waals surface area contributed by atoms with Crippen molar-refractivity contribution in [2.24, 2.45) is 7.05 Å². The van der Waals surface area contributed by atoms with E-state index in [-0.39, 0.29) is 23.9 Å². The number of alkyl halides is 3. The highest BCUT2D eigenvalue weighted by molar-refractivity contribution is 5.88. The third-order valence-corrected chi connectivity index (χ3v) is 8.93. The standard InChI is InChI=1S/C32H36F4N6O2/c1-4-24-18-40(26-15-28(43)39(3)27-19-42(38-30(26)27)29-7-5-6-14-44-29)20(2)17-41(24)31(21-8-11-23(33)12-9-21)25-13-10-22(16-37-25)32(34,35)36/h8-13,15-16,19-20,24,29,31H,4-7,14,17-18H2,1-3H3/t20-,24+,29?,31?/m0/s1. The summed E-state index contributed by atoms with van der Waals surface area (Å²) in [6.45, 7) is 5.86. The van der Waals surface area contributed by atoms with Gasteiger partial charge in [-0.1, -0.05) is 19.1 Å². The Morgan fingerprint density at radius 2 is 1.86 bits per heavy atom. The number of benzene rings is 1. The van der Waals surface area contributed by atoms with Crippen LogP contribution in [0.4, 0.5) is 23.2 Å². The van der Waals surface area contributed by atoms with Crippen LogP contribution in [0.1, 0.15) is 68.6 Å². The molecule has 1 aromatic carbocycles. The quantitative estimate of drug-likeness (QED) is 0.247. The van der Waals surface area contributed by atoms with Gasteiger partial charge in [0.1, 0.15) is 17.6 Å². The molecule has 2 unspecified atom stereocenters. The Morgan fingerprint density at radius 3 is 2.50 bits per heavy atom. The predicted octanol–water partition coefficient (Wildman–Crippen LogP) is 6.07. The molecule has 6 rings (SSSR count). The summed E-state index contributed by atoms with van der Waals surface area (Å²) >= 11 is 0. The third-order valence-electron chi connectivity index (χ3n) is 8.93. The topological polar surface area (TPSA) is 68.4 Å². The van der Waals surface area contributed by atoms with E-state index in [0.717, 1.165) is 60.2 Å². The molecule has 0 spiro atoms. The predicted molar refractivity (Wildman–Crippen MR) is 159 cm³/mol. The van der Waals surface area contributed by atoms with Gasteiger partial charge in [-0.2, -0.15) is 18.3 Å². The number of anilines is 1. The Bertz CT molecular complexity index is 1660. The van der Waals surface area contributed by atoms with Crippen molar-refractivity contribution in [3.63, 3.8) is 0 Å². The van der Waals surface area contributed by atoms with Crippen molar-refractivity contribution in [2.75, 3.05) is 24.6 Å². The fourth-order valence-corrected chi connectivity index (χ4v) is 6.50. The second kappa shape index (κ2) is 12.0. The maximum absolute atomic E-state index is 13.9. The molecule has 0 radical (unpaired) electrons. The molecule has 0 saturated carbocycles. The number of pyridine rings is 2. The number of rotatable bonds is 6. The highest BCUT2D eigenvalue weighted by Crippen LogP contribution is 2.38. The molecule has 0 bridgehead atoms. The molecule has 5 heterocycles. The zero-order valence-electron chi connectivity index (χ0n) is 25.0. The first-order valence-corrected chi connectivity index (χ1v) is 15.1. The first-order chi connectivity index (χ1) is 21.0. The van der Waals surface area contributed by atoms with Crippen LogP contribution in [0.15, 0.2) is 59.7 Å². The van der Waals surface area contributed by atoms with Crippen LogP contribution in [0.25, 0.3) is 11.0 Å². The molecule has 44 heavy (non-hydrogen) atoms. The number of hydrogen-bond acceptors (Lipinski definition) is 6. The number of fused-ring (bicyclic) bond motifs is 1. The maximum atomic E-state index is 13.9. The van der Waals surface area contributed by atoms with Crippen molar-refractivity contribution in [1.82, 2.24) is 24.2 Å². The first kappa shape index (κ1) is 30.3. The lowest BCUT2D eigenvalue weighted by Gasteiger charge is -2.49. The zero-order chi connectivity index (χ0) is 31.2. The molecule has 234 valence electrons. The molecule has 2 aliphatic heterocycles. The zero-order valence-corrected chi connectivity index (χ0v) is 25.0. The van der Waals surface area contributed by atoms with Crippen LogP contribution in [0.2, 0.25) is 0 Å². The number of hydrogen-bond donors (Lipinski definition) is 0. The summed E-state index contributed by atoms with van der Waals surface area (Å²) in [6.07, 6.45) is 1.70. The van der Waals surface area contributed by atoms with Crippen LogP contribution in [0.5, 0.6) is 0 Å². The molecule has 8 nitrogen and oxygen atoms in total. The third kappa shape index (κ3) is 5.72. The number of nitrogens with zero attached hydrogens (tertiary/aromatic N) is 6. The molecule has 2 fully saturated rings. The lowest BCUT2D eigenvalue weighted by Crippen LogP contribution is -2.58. The van der Waals surface area contributed by atoms with E-state index in [1.165, 1.54) is 18.2 Å². The van der Waals surface area contributed by atoms with Crippen molar-refractivity contribution in [3.05, 3.63) is 87.9 Å². The van der Waals surface area contributed by atoms with Crippen molar-refractivity contribution in [3.8, 4) is 0 Å². The lowest BCUT2D eigenvalue weighted by atomic mass is 9.94. The summed E-state index contributed by atoms with van der Waals surface area (Å²) < 4.78 is 63.4. The van der Waals surface area contributed by atoms with Gasteiger partial charge in [0.05, 0.1) is 34.7 Å². The van der Waals surface area contributed by atoms with Gasteiger partial charge < -0.3 is 14.2 Å². The number of piperazine rings is 1. The van der Waals surface area contributed by atoms with Gasteiger partial charge in [0.25, 0.3) is 5.56 Å². The van der Waals surface area contributed by atoms with E-state index in [9.17, 15) is 22.4 Å². The fraction of sp³-hybridized carbons (Fsp3) is 0.469. The van der Waals surface area contributed by atoms with Gasteiger partial charge in [0.15, 0.2) is 0 Å². The minimum atomic E-state index is -4.50. The molecule has 4 atom stereocenters. The van der Waals surface area contributed by atoms with Crippen LogP contribution < -0.4 is 10.5 Å². The highest BCUT2D eigenvalue weighted by Gasteiger charge is 2.39. The Labute approximate surface area is 252 Å². The molecule has 3 aromatic heterocycles. The molecular weight excluding hydrogens is 576 g/mol. The number of ether oxygens (including phenoxy) is 1. The van der Waals surface area contributed by atoms with Crippen molar-refractivity contribution >= 4 is 16.7 Å². The molecule has 2 aliphatic rings. The van der Waals surface area contributed by atoms with Gasteiger partial charge in [-0.25, -0.2) is 9.07 Å². The Morgan fingerprint density at radius 1 is 1.09 bits per heavy atom. The minimum Gasteiger partial charge on any atom is -0.364 e. The smallest absolute Gasteiger partial charge is 0.364 e. The lowest BCUT2D eigenvalue weighted by molar-refractivity contribution is -0.137. The Balaban J connectivity index is 1.37. The second-order valence-electron chi connectivity index (χ2n) is 11.8. The molecule has 0 N–H and O–H groups in total. The molecule has 4 aromatic rings. The van der Waals surface area contributed by atoms with E-state index in [1.54, 1.807) is 29.8 Å². The van der Waals surface area contributed by atoms with Crippen LogP contribution in [0.3, 0.4) is 0 Å². The summed E-state index contributed by atoms with van der Waals surface area (Å²) in [4.78, 5) is 21.8. The first-order valence-electron chi connectivity index (χ1n) is 15.1. The van der Waals surface area contributed by atoms with Gasteiger partial charge in [-0.15, -0.1) is 0 Å². The van der Waals surface area contributed by atoms with Crippen LogP contribution in [0, 0.1) is 5.82 Å². The average Bonchev–Trinajstić information content (AvgIpc) is 3.47. The van der Waals surface area contributed by atoms with E-state index in [1.807, 2.05) is 10.9 Å². The molecule has 12 heteroatoms. The average molecular weight is 613 g/mol. The fourth-order valence-electron chi connectivity index (χ4n) is 6.50. The van der Waals surface area contributed by atoms with Crippen molar-refractivity contribution in [1.29, 1.82) is 0 Å². The summed E-state index contributed by atoms with van der Waals surface area (Å²) in [5, 5.41) is 4.92. The number of halogens is 4. The van der Waals surface area contributed by atoms with E-state index in [0.29, 0.717) is 25.4 Å².